The second-order valence-corrected chi connectivity index (χ2v) is 13.4. The van der Waals surface area contributed by atoms with E-state index >= 15 is 0 Å². The van der Waals surface area contributed by atoms with Crippen LogP contribution in [0, 0.1) is 0 Å². The van der Waals surface area contributed by atoms with Gasteiger partial charge in [-0.2, -0.15) is 0 Å². The predicted molar refractivity (Wildman–Crippen MR) is 105 cm³/mol. The van der Waals surface area contributed by atoms with Gasteiger partial charge in [-0.25, -0.2) is 4.79 Å². The molecule has 1 amide bonds. The molecule has 0 saturated carbocycles. The number of anilines is 1. The van der Waals surface area contributed by atoms with Crippen molar-refractivity contribution in [3.63, 3.8) is 0 Å². The van der Waals surface area contributed by atoms with E-state index in [0.29, 0.717) is 18.9 Å². The topological polar surface area (TPSA) is 56.8 Å². The van der Waals surface area contributed by atoms with Crippen LogP contribution in [0.4, 0.5) is 10.5 Å². The average molecular weight is 368 g/mol. The lowest BCUT2D eigenvalue weighted by atomic mass is 10.2. The fraction of sp³-hybridized carbons (Fsp3) is 0.632. The maximum Gasteiger partial charge on any atom is 0.412 e. The third-order valence-electron chi connectivity index (χ3n) is 4.12. The maximum atomic E-state index is 11.7. The molecule has 0 aromatic heterocycles. The molecule has 1 rings (SSSR count). The lowest BCUT2D eigenvalue weighted by Gasteiger charge is -2.36. The van der Waals surface area contributed by atoms with Gasteiger partial charge in [0.1, 0.15) is 18.0 Å². The van der Waals surface area contributed by atoms with Gasteiger partial charge < -0.3 is 13.9 Å². The van der Waals surface area contributed by atoms with Gasteiger partial charge in [-0.05, 0) is 63.2 Å². The molecule has 1 N–H and O–H groups in total. The van der Waals surface area contributed by atoms with E-state index in [1.54, 1.807) is 12.1 Å². The summed E-state index contributed by atoms with van der Waals surface area (Å²) in [5.41, 5.74) is 0.149. The zero-order valence-electron chi connectivity index (χ0n) is 16.9. The van der Waals surface area contributed by atoms with Crippen LogP contribution in [0.3, 0.4) is 0 Å². The number of nitrogens with one attached hydrogen (secondary N) is 1. The predicted octanol–water partition coefficient (Wildman–Crippen LogP) is 5.43. The van der Waals surface area contributed by atoms with E-state index in [-0.39, 0.29) is 5.04 Å². The summed E-state index contributed by atoms with van der Waals surface area (Å²) in [7, 11) is -1.73. The highest BCUT2D eigenvalue weighted by Crippen LogP contribution is 2.36. The van der Waals surface area contributed by atoms with Crippen molar-refractivity contribution in [1.82, 2.24) is 0 Å². The van der Waals surface area contributed by atoms with Crippen LogP contribution in [0.5, 0.6) is 5.75 Å². The first kappa shape index (κ1) is 21.5. The van der Waals surface area contributed by atoms with E-state index in [9.17, 15) is 4.79 Å². The number of hydrogen-bond donors (Lipinski definition) is 1. The van der Waals surface area contributed by atoms with Gasteiger partial charge in [0.2, 0.25) is 0 Å². The van der Waals surface area contributed by atoms with E-state index in [1.807, 2.05) is 32.9 Å². The summed E-state index contributed by atoms with van der Waals surface area (Å²) in [5.74, 6) is 0.744. The largest absolute Gasteiger partial charge is 0.491 e. The number of amides is 1. The third-order valence-corrected chi connectivity index (χ3v) is 8.66. The number of rotatable bonds is 6. The monoisotopic (exact) mass is 367 g/mol. The van der Waals surface area contributed by atoms with E-state index < -0.39 is 20.0 Å². The lowest BCUT2D eigenvalue weighted by molar-refractivity contribution is 0.0636. The molecule has 0 spiro atoms. The first-order valence-corrected chi connectivity index (χ1v) is 11.6. The molecule has 6 heteroatoms. The van der Waals surface area contributed by atoms with Gasteiger partial charge in [0.25, 0.3) is 0 Å². The average Bonchev–Trinajstić information content (AvgIpc) is 2.42. The third kappa shape index (κ3) is 7.92. The second kappa shape index (κ2) is 8.23. The minimum atomic E-state index is -1.73. The molecular weight excluding hydrogens is 334 g/mol. The molecule has 0 aliphatic rings. The quantitative estimate of drug-likeness (QED) is 0.538. The van der Waals surface area contributed by atoms with Crippen LogP contribution in [-0.2, 0) is 9.16 Å². The Morgan fingerprint density at radius 1 is 1.00 bits per heavy atom. The molecule has 0 bridgehead atoms. The first-order chi connectivity index (χ1) is 11.3. The minimum absolute atomic E-state index is 0.196. The van der Waals surface area contributed by atoms with Gasteiger partial charge in [0.05, 0.1) is 6.61 Å². The van der Waals surface area contributed by atoms with E-state index in [2.05, 4.69) is 39.2 Å². The van der Waals surface area contributed by atoms with Crippen molar-refractivity contribution in [2.45, 2.75) is 65.3 Å². The Bertz CT molecular complexity index is 556. The number of ether oxygens (including phenoxy) is 2. The van der Waals surface area contributed by atoms with Crippen molar-refractivity contribution in [2.75, 3.05) is 18.5 Å². The summed E-state index contributed by atoms with van der Waals surface area (Å²) in [6.07, 6.45) is -0.469. The summed E-state index contributed by atoms with van der Waals surface area (Å²) in [6, 6.07) is 7.21. The zero-order valence-corrected chi connectivity index (χ0v) is 17.9. The van der Waals surface area contributed by atoms with Crippen LogP contribution in [0.25, 0.3) is 0 Å². The van der Waals surface area contributed by atoms with Crippen molar-refractivity contribution in [2.24, 2.45) is 0 Å². The molecule has 0 aliphatic carbocycles. The standard InChI is InChI=1S/C19H33NO4Si/c1-18(2,3)24-17(21)20-15-9-11-16(12-10-15)22-13-14-23-25(7,8)19(4,5)6/h9-12H,13-14H2,1-8H3,(H,20,21). The lowest BCUT2D eigenvalue weighted by Crippen LogP contribution is -2.41. The van der Waals surface area contributed by atoms with Gasteiger partial charge >= 0.3 is 6.09 Å². The molecule has 25 heavy (non-hydrogen) atoms. The van der Waals surface area contributed by atoms with Crippen molar-refractivity contribution in [3.05, 3.63) is 24.3 Å². The summed E-state index contributed by atoms with van der Waals surface area (Å²) in [5, 5.41) is 2.89. The zero-order chi connectivity index (χ0) is 19.3. The van der Waals surface area contributed by atoms with Gasteiger partial charge in [-0.3, -0.25) is 5.32 Å². The molecule has 1 aromatic rings. The highest BCUT2D eigenvalue weighted by molar-refractivity contribution is 6.74. The summed E-state index contributed by atoms with van der Waals surface area (Å²) >= 11 is 0. The fourth-order valence-electron chi connectivity index (χ4n) is 1.73. The number of carbonyl (C=O) groups excluding carboxylic acids is 1. The number of benzene rings is 1. The molecule has 0 atom stereocenters. The minimum Gasteiger partial charge on any atom is -0.491 e. The van der Waals surface area contributed by atoms with E-state index in [1.165, 1.54) is 0 Å². The summed E-state index contributed by atoms with van der Waals surface area (Å²) in [6.45, 7) is 17.7. The normalized spacial score (nSPS) is 12.6. The van der Waals surface area contributed by atoms with Gasteiger partial charge in [-0.15, -0.1) is 0 Å². The Labute approximate surface area is 153 Å². The molecule has 0 aliphatic heterocycles. The molecule has 5 nitrogen and oxygen atoms in total. The van der Waals surface area contributed by atoms with Crippen LogP contribution >= 0.6 is 0 Å². The van der Waals surface area contributed by atoms with Crippen molar-refractivity contribution >= 4 is 20.1 Å². The summed E-state index contributed by atoms with van der Waals surface area (Å²) in [4.78, 5) is 11.7. The first-order valence-electron chi connectivity index (χ1n) is 8.67. The van der Waals surface area contributed by atoms with Crippen LogP contribution in [0.1, 0.15) is 41.5 Å². The molecule has 1 aromatic carbocycles. The van der Waals surface area contributed by atoms with Crippen molar-refractivity contribution in [1.29, 1.82) is 0 Å². The van der Waals surface area contributed by atoms with Crippen molar-refractivity contribution in [3.8, 4) is 5.75 Å². The van der Waals surface area contributed by atoms with Crippen LogP contribution in [0.2, 0.25) is 18.1 Å². The second-order valence-electron chi connectivity index (χ2n) is 8.61. The van der Waals surface area contributed by atoms with Gasteiger partial charge in [-0.1, -0.05) is 20.8 Å². The van der Waals surface area contributed by atoms with Gasteiger partial charge in [0.15, 0.2) is 8.32 Å². The van der Waals surface area contributed by atoms with Crippen LogP contribution < -0.4 is 10.1 Å². The molecule has 0 radical (unpaired) electrons. The van der Waals surface area contributed by atoms with E-state index in [0.717, 1.165) is 5.75 Å². The molecule has 0 fully saturated rings. The van der Waals surface area contributed by atoms with Crippen LogP contribution in [-0.4, -0.2) is 33.2 Å². The molecule has 142 valence electrons. The molecule has 0 saturated heterocycles. The number of hydrogen-bond acceptors (Lipinski definition) is 4. The fourth-order valence-corrected chi connectivity index (χ4v) is 2.76. The molecule has 0 unspecified atom stereocenters. The van der Waals surface area contributed by atoms with Crippen LogP contribution in [0.15, 0.2) is 24.3 Å². The maximum absolute atomic E-state index is 11.7. The molecular formula is C19H33NO4Si. The summed E-state index contributed by atoms with van der Waals surface area (Å²) < 4.78 is 17.0. The Kier molecular flexibility index (Phi) is 7.08. The smallest absolute Gasteiger partial charge is 0.412 e. The van der Waals surface area contributed by atoms with E-state index in [4.69, 9.17) is 13.9 Å². The number of carbonyl (C=O) groups is 1. The van der Waals surface area contributed by atoms with Crippen molar-refractivity contribution < 1.29 is 18.7 Å². The Balaban J connectivity index is 2.41. The molecule has 0 heterocycles. The SMILES string of the molecule is CC(C)(C)OC(=O)Nc1ccc(OCCO[Si](C)(C)C(C)(C)C)cc1. The Morgan fingerprint density at radius 3 is 2.04 bits per heavy atom. The highest BCUT2D eigenvalue weighted by atomic mass is 28.4. The van der Waals surface area contributed by atoms with Gasteiger partial charge in [0, 0.05) is 5.69 Å². The Hall–Kier alpha value is -1.53. The highest BCUT2D eigenvalue weighted by Gasteiger charge is 2.36. The Morgan fingerprint density at radius 2 is 1.56 bits per heavy atom.